The number of aromatic nitrogens is 4. The molecule has 3 aromatic rings. The molecular formula is C26H35FN8O4. The molecule has 0 unspecified atom stereocenters. The number of likely N-dealkylation sites (tertiary alicyclic amines) is 1. The number of nitrogens with two attached hydrogens (primary N) is 1. The molecule has 0 saturated carbocycles. The van der Waals surface area contributed by atoms with Crippen LogP contribution in [-0.4, -0.2) is 87.8 Å². The number of fused-ring (bicyclic) bond motifs is 2. The predicted octanol–water partition coefficient (Wildman–Crippen LogP) is 3.32. The van der Waals surface area contributed by atoms with E-state index in [9.17, 15) is 4.79 Å². The molecule has 4 heterocycles. The van der Waals surface area contributed by atoms with E-state index in [-0.39, 0.29) is 41.1 Å². The third-order valence-electron chi connectivity index (χ3n) is 6.94. The first-order valence-corrected chi connectivity index (χ1v) is 13.0. The van der Waals surface area contributed by atoms with Gasteiger partial charge in [0.2, 0.25) is 6.79 Å². The van der Waals surface area contributed by atoms with Crippen LogP contribution < -0.4 is 20.5 Å². The number of halogens is 1. The van der Waals surface area contributed by atoms with Crippen LogP contribution in [0.3, 0.4) is 0 Å². The Kier molecular flexibility index (Phi) is 7.21. The van der Waals surface area contributed by atoms with Gasteiger partial charge in [-0.15, -0.1) is 0 Å². The van der Waals surface area contributed by atoms with Gasteiger partial charge < -0.3 is 29.7 Å². The molecule has 210 valence electrons. The number of nitrogen functional groups attached to an aromatic ring is 1. The number of nitrogens with zero attached hydrogens (tertiary/aromatic N) is 6. The highest BCUT2D eigenvalue weighted by Crippen LogP contribution is 2.49. The van der Waals surface area contributed by atoms with Gasteiger partial charge in [0.25, 0.3) is 0 Å². The number of amides is 1. The molecule has 2 aliphatic heterocycles. The smallest absolute Gasteiger partial charge is 0.412 e. The number of ether oxygens (including phenoxy) is 3. The van der Waals surface area contributed by atoms with Crippen molar-refractivity contribution in [1.82, 2.24) is 29.5 Å². The quantitative estimate of drug-likeness (QED) is 0.478. The molecule has 0 radical (unpaired) electrons. The maximum absolute atomic E-state index is 15.8. The van der Waals surface area contributed by atoms with Crippen molar-refractivity contribution >= 4 is 28.6 Å². The van der Waals surface area contributed by atoms with Crippen LogP contribution in [0.25, 0.3) is 22.3 Å². The summed E-state index contributed by atoms with van der Waals surface area (Å²) >= 11 is 0. The van der Waals surface area contributed by atoms with E-state index in [0.29, 0.717) is 23.6 Å². The fourth-order valence-electron chi connectivity index (χ4n) is 5.02. The average molecular weight is 543 g/mol. The first kappa shape index (κ1) is 26.9. The van der Waals surface area contributed by atoms with Crippen molar-refractivity contribution in [2.24, 2.45) is 0 Å². The van der Waals surface area contributed by atoms with Crippen LogP contribution in [0.1, 0.15) is 33.6 Å². The molecular weight excluding hydrogens is 507 g/mol. The maximum Gasteiger partial charge on any atom is 0.412 e. The molecule has 2 aliphatic rings. The van der Waals surface area contributed by atoms with E-state index in [1.54, 1.807) is 25.5 Å². The Bertz CT molecular complexity index is 1380. The van der Waals surface area contributed by atoms with Crippen LogP contribution in [0, 0.1) is 5.82 Å². The van der Waals surface area contributed by atoms with Gasteiger partial charge in [0.15, 0.2) is 17.1 Å². The summed E-state index contributed by atoms with van der Waals surface area (Å²) in [5, 5.41) is 7.71. The lowest BCUT2D eigenvalue weighted by Gasteiger charge is -2.35. The molecule has 39 heavy (non-hydrogen) atoms. The number of nitrogens with one attached hydrogen (secondary N) is 1. The van der Waals surface area contributed by atoms with E-state index >= 15 is 4.39 Å². The monoisotopic (exact) mass is 542 g/mol. The van der Waals surface area contributed by atoms with E-state index in [2.05, 4.69) is 39.2 Å². The molecule has 3 N–H and O–H groups in total. The summed E-state index contributed by atoms with van der Waals surface area (Å²) in [6.07, 6.45) is 2.84. The molecule has 0 bridgehead atoms. The Balaban J connectivity index is 1.47. The molecule has 2 aromatic heterocycles. The topological polar surface area (TPSA) is 133 Å². The first-order valence-electron chi connectivity index (χ1n) is 13.0. The van der Waals surface area contributed by atoms with Gasteiger partial charge in [0.05, 0.1) is 23.2 Å². The standard InChI is InChI=1S/C26H35FN8O4/c1-26(2,3)39-25(36)31-17-12-16(27)18(22-21(17)37-14-38-22)20-19-23(28)29-13-30-24(19)35(32-20)11-10-34-8-6-15(7-9-34)33(4)5/h12-13,15H,6-11,14H2,1-5H3,(H,31,36)(H2,28,29,30). The van der Waals surface area contributed by atoms with Crippen molar-refractivity contribution in [3.63, 3.8) is 0 Å². The minimum Gasteiger partial charge on any atom is -0.453 e. The number of piperidine rings is 1. The molecule has 0 spiro atoms. The fraction of sp³-hybridized carbons (Fsp3) is 0.538. The number of hydrogen-bond acceptors (Lipinski definition) is 10. The minimum absolute atomic E-state index is 0.0642. The largest absolute Gasteiger partial charge is 0.453 e. The molecule has 0 atom stereocenters. The van der Waals surface area contributed by atoms with Crippen LogP contribution in [0.4, 0.5) is 20.7 Å². The van der Waals surface area contributed by atoms with Crippen molar-refractivity contribution in [3.05, 3.63) is 18.2 Å². The molecule has 0 aliphatic carbocycles. The zero-order valence-electron chi connectivity index (χ0n) is 23.0. The Morgan fingerprint density at radius 1 is 1.21 bits per heavy atom. The molecule has 5 rings (SSSR count). The van der Waals surface area contributed by atoms with Crippen LogP contribution in [0.5, 0.6) is 11.5 Å². The van der Waals surface area contributed by atoms with Crippen LogP contribution >= 0.6 is 0 Å². The van der Waals surface area contributed by atoms with Crippen LogP contribution in [0.15, 0.2) is 12.4 Å². The van der Waals surface area contributed by atoms with Gasteiger partial charge in [0, 0.05) is 18.7 Å². The van der Waals surface area contributed by atoms with Gasteiger partial charge in [-0.2, -0.15) is 5.10 Å². The van der Waals surface area contributed by atoms with Gasteiger partial charge in [-0.1, -0.05) is 0 Å². The van der Waals surface area contributed by atoms with Gasteiger partial charge in [0.1, 0.15) is 29.3 Å². The zero-order valence-corrected chi connectivity index (χ0v) is 23.0. The third kappa shape index (κ3) is 5.55. The molecule has 1 fully saturated rings. The summed E-state index contributed by atoms with van der Waals surface area (Å²) in [6.45, 7) is 8.34. The maximum atomic E-state index is 15.8. The Morgan fingerprint density at radius 2 is 1.92 bits per heavy atom. The highest BCUT2D eigenvalue weighted by atomic mass is 19.1. The number of rotatable bonds is 6. The lowest BCUT2D eigenvalue weighted by Crippen LogP contribution is -2.42. The van der Waals surface area contributed by atoms with Crippen molar-refractivity contribution in [3.8, 4) is 22.8 Å². The summed E-state index contributed by atoms with van der Waals surface area (Å²) in [7, 11) is 4.24. The highest BCUT2D eigenvalue weighted by molar-refractivity contribution is 6.01. The molecule has 12 nitrogen and oxygen atoms in total. The van der Waals surface area contributed by atoms with Crippen molar-refractivity contribution in [2.45, 2.75) is 51.8 Å². The van der Waals surface area contributed by atoms with E-state index in [0.717, 1.165) is 38.5 Å². The lowest BCUT2D eigenvalue weighted by molar-refractivity contribution is 0.0635. The van der Waals surface area contributed by atoms with Crippen molar-refractivity contribution in [2.75, 3.05) is 51.6 Å². The predicted molar refractivity (Wildman–Crippen MR) is 144 cm³/mol. The van der Waals surface area contributed by atoms with Gasteiger partial charge in [-0.05, 0) is 60.8 Å². The van der Waals surface area contributed by atoms with Gasteiger partial charge >= 0.3 is 6.09 Å². The number of carbonyl (C=O) groups excluding carboxylic acids is 1. The summed E-state index contributed by atoms with van der Waals surface area (Å²) in [5.74, 6) is -0.206. The molecule has 1 aromatic carbocycles. The SMILES string of the molecule is CN(C)C1CCN(CCn2nc(-c3c(F)cc(NC(=O)OC(C)(C)C)c4c3OCO4)c3c(N)ncnc32)CC1. The molecule has 1 saturated heterocycles. The van der Waals surface area contributed by atoms with E-state index in [1.165, 1.54) is 6.33 Å². The van der Waals surface area contributed by atoms with Crippen molar-refractivity contribution in [1.29, 1.82) is 0 Å². The number of anilines is 2. The van der Waals surface area contributed by atoms with Crippen molar-refractivity contribution < 1.29 is 23.4 Å². The van der Waals surface area contributed by atoms with Crippen LogP contribution in [0.2, 0.25) is 0 Å². The van der Waals surface area contributed by atoms with E-state index in [1.807, 2.05) is 0 Å². The second kappa shape index (κ2) is 10.5. The summed E-state index contributed by atoms with van der Waals surface area (Å²) in [6, 6.07) is 1.75. The number of carbonyl (C=O) groups is 1. The second-order valence-corrected chi connectivity index (χ2v) is 11.0. The average Bonchev–Trinajstić information content (AvgIpc) is 3.48. The molecule has 13 heteroatoms. The third-order valence-corrected chi connectivity index (χ3v) is 6.94. The van der Waals surface area contributed by atoms with Gasteiger partial charge in [-0.3, -0.25) is 5.32 Å². The minimum atomic E-state index is -0.741. The lowest BCUT2D eigenvalue weighted by atomic mass is 10.0. The number of benzene rings is 1. The fourth-order valence-corrected chi connectivity index (χ4v) is 5.02. The normalized spacial score (nSPS) is 16.3. The second-order valence-electron chi connectivity index (χ2n) is 11.0. The summed E-state index contributed by atoms with van der Waals surface area (Å²) in [5.41, 5.74) is 6.43. The van der Waals surface area contributed by atoms with Gasteiger partial charge in [-0.25, -0.2) is 23.8 Å². The summed E-state index contributed by atoms with van der Waals surface area (Å²) in [4.78, 5) is 25.6. The zero-order chi connectivity index (χ0) is 27.9. The van der Waals surface area contributed by atoms with E-state index < -0.39 is 17.5 Å². The highest BCUT2D eigenvalue weighted by Gasteiger charge is 2.32. The number of hydrogen-bond donors (Lipinski definition) is 2. The summed E-state index contributed by atoms with van der Waals surface area (Å²) < 4.78 is 34.1. The van der Waals surface area contributed by atoms with E-state index in [4.69, 9.17) is 25.0 Å². The molecule has 1 amide bonds. The first-order chi connectivity index (χ1) is 18.5. The Hall–Kier alpha value is -3.71. The Morgan fingerprint density at radius 3 is 2.62 bits per heavy atom. The van der Waals surface area contributed by atoms with Crippen LogP contribution in [-0.2, 0) is 11.3 Å². The Labute approximate surface area is 226 Å².